The first kappa shape index (κ1) is 33.0. The van der Waals surface area contributed by atoms with E-state index in [0.717, 1.165) is 49.1 Å². The number of thiophene rings is 1. The third kappa shape index (κ3) is 4.72. The molecule has 5 nitrogen and oxygen atoms in total. The Hall–Kier alpha value is -7.19. The lowest BCUT2D eigenvalue weighted by Crippen LogP contribution is -2.76. The highest BCUT2D eigenvalue weighted by atomic mass is 32.1. The third-order valence-electron chi connectivity index (χ3n) is 11.7. The maximum absolute atomic E-state index is 5.80. The van der Waals surface area contributed by atoms with Crippen molar-refractivity contribution in [3.8, 4) is 11.9 Å². The van der Waals surface area contributed by atoms with E-state index in [2.05, 4.69) is 209 Å². The number of para-hydroxylation sites is 4. The molecule has 12 rings (SSSR count). The minimum Gasteiger partial charge on any atom is -0.278 e. The van der Waals surface area contributed by atoms with E-state index < -0.39 is 8.07 Å². The van der Waals surface area contributed by atoms with Crippen LogP contribution >= 0.6 is 11.3 Å². The molecule has 7 heteroatoms. The van der Waals surface area contributed by atoms with E-state index in [-0.39, 0.29) is 0 Å². The standard InChI is InChI=1S/C51H33N5SSi/c1-3-18-34(19-4-1)58(35-20-5-2-6-21-35,47-33-17-27-41-40-26-11-16-32-46(40)57-48(41)47)51-53-49(55-42-28-12-7-22-36(42)37-23-8-13-29-43(37)55)52-50(54-51)56-44-30-14-9-24-38(44)39-25-10-15-31-45(39)56/h1-33H. The Morgan fingerprint density at radius 2 is 0.741 bits per heavy atom. The maximum atomic E-state index is 5.80. The molecule has 0 atom stereocenters. The molecular formula is C51H33N5SSi. The first-order valence-electron chi connectivity index (χ1n) is 19.5. The van der Waals surface area contributed by atoms with Gasteiger partial charge in [0.15, 0.2) is 0 Å². The van der Waals surface area contributed by atoms with Gasteiger partial charge in [0.25, 0.3) is 0 Å². The lowest BCUT2D eigenvalue weighted by Gasteiger charge is -2.33. The van der Waals surface area contributed by atoms with Crippen LogP contribution in [0.4, 0.5) is 0 Å². The second kappa shape index (κ2) is 12.9. The lowest BCUT2D eigenvalue weighted by molar-refractivity contribution is 0.904. The average Bonchev–Trinajstić information content (AvgIpc) is 3.96. The number of hydrogen-bond donors (Lipinski definition) is 0. The summed E-state index contributed by atoms with van der Waals surface area (Å²) in [6.07, 6.45) is 0. The Kier molecular flexibility index (Phi) is 7.35. The van der Waals surface area contributed by atoms with Crippen molar-refractivity contribution in [2.75, 3.05) is 0 Å². The highest BCUT2D eigenvalue weighted by molar-refractivity contribution is 7.30. The van der Waals surface area contributed by atoms with Gasteiger partial charge in [-0.15, -0.1) is 11.3 Å². The SMILES string of the molecule is c1ccc([Si](c2ccccc2)(c2nc(-n3c4ccccc4c4ccccc43)nc(-n3c4ccccc4c4ccccc43)n2)c2cccc3c2sc2ccccc23)cc1. The van der Waals surface area contributed by atoms with Crippen molar-refractivity contribution in [3.05, 3.63) is 200 Å². The number of aromatic nitrogens is 5. The van der Waals surface area contributed by atoms with Crippen LogP contribution in [0, 0.1) is 0 Å². The van der Waals surface area contributed by atoms with Crippen LogP contribution in [0.5, 0.6) is 0 Å². The van der Waals surface area contributed by atoms with Gasteiger partial charge in [0.05, 0.1) is 22.1 Å². The topological polar surface area (TPSA) is 48.5 Å². The lowest BCUT2D eigenvalue weighted by atomic mass is 10.1. The van der Waals surface area contributed by atoms with Gasteiger partial charge < -0.3 is 0 Å². The van der Waals surface area contributed by atoms with Gasteiger partial charge in [-0.05, 0) is 45.9 Å². The van der Waals surface area contributed by atoms with Gasteiger partial charge in [0, 0.05) is 41.7 Å². The normalized spacial score (nSPS) is 12.1. The molecule has 0 saturated heterocycles. The summed E-state index contributed by atoms with van der Waals surface area (Å²) < 4.78 is 7.01. The molecule has 272 valence electrons. The summed E-state index contributed by atoms with van der Waals surface area (Å²) in [4.78, 5) is 17.1. The van der Waals surface area contributed by atoms with E-state index >= 15 is 0 Å². The number of nitrogens with zero attached hydrogens (tertiary/aromatic N) is 5. The minimum atomic E-state index is -3.36. The molecule has 0 unspecified atom stereocenters. The van der Waals surface area contributed by atoms with E-state index in [1.807, 2.05) is 11.3 Å². The van der Waals surface area contributed by atoms with Crippen LogP contribution in [0.25, 0.3) is 75.7 Å². The van der Waals surface area contributed by atoms with E-state index in [4.69, 9.17) is 15.0 Å². The first-order valence-corrected chi connectivity index (χ1v) is 22.4. The monoisotopic (exact) mass is 775 g/mol. The first-order chi connectivity index (χ1) is 28.8. The quantitative estimate of drug-likeness (QED) is 0.125. The number of hydrogen-bond acceptors (Lipinski definition) is 4. The van der Waals surface area contributed by atoms with Crippen LogP contribution in [-0.2, 0) is 0 Å². The Bertz CT molecular complexity index is 3250. The summed E-state index contributed by atoms with van der Waals surface area (Å²) >= 11 is 1.86. The molecule has 58 heavy (non-hydrogen) atoms. The smallest absolute Gasteiger partial charge is 0.239 e. The molecule has 0 radical (unpaired) electrons. The predicted molar refractivity (Wildman–Crippen MR) is 245 cm³/mol. The average molecular weight is 776 g/mol. The predicted octanol–water partition coefficient (Wildman–Crippen LogP) is 9.81. The van der Waals surface area contributed by atoms with Crippen molar-refractivity contribution < 1.29 is 0 Å². The van der Waals surface area contributed by atoms with Crippen LogP contribution in [0.3, 0.4) is 0 Å². The fraction of sp³-hybridized carbons (Fsp3) is 0. The summed E-state index contributed by atoms with van der Waals surface area (Å²) in [5.41, 5.74) is 4.97. The summed E-state index contributed by atoms with van der Waals surface area (Å²) in [5.74, 6) is 1.18. The van der Waals surface area contributed by atoms with Crippen LogP contribution in [0.1, 0.15) is 0 Å². The minimum absolute atomic E-state index is 0.589. The zero-order chi connectivity index (χ0) is 38.2. The molecule has 4 aromatic heterocycles. The molecule has 0 spiro atoms. The van der Waals surface area contributed by atoms with Crippen LogP contribution in [0.15, 0.2) is 200 Å². The van der Waals surface area contributed by atoms with Crippen molar-refractivity contribution in [1.29, 1.82) is 0 Å². The zero-order valence-corrected chi connectivity index (χ0v) is 33.0. The summed E-state index contributed by atoms with van der Waals surface area (Å²) in [5, 5.41) is 10.8. The van der Waals surface area contributed by atoms with Crippen LogP contribution in [-0.4, -0.2) is 32.2 Å². The number of rotatable bonds is 6. The van der Waals surface area contributed by atoms with Gasteiger partial charge in [0.2, 0.25) is 20.0 Å². The Morgan fingerprint density at radius 3 is 1.22 bits per heavy atom. The van der Waals surface area contributed by atoms with E-state index in [9.17, 15) is 0 Å². The van der Waals surface area contributed by atoms with Crippen molar-refractivity contribution in [2.24, 2.45) is 0 Å². The molecule has 0 saturated carbocycles. The third-order valence-corrected chi connectivity index (χ3v) is 17.6. The van der Waals surface area contributed by atoms with Crippen LogP contribution in [0.2, 0.25) is 0 Å². The van der Waals surface area contributed by atoms with Gasteiger partial charge in [-0.1, -0.05) is 170 Å². The van der Waals surface area contributed by atoms with Gasteiger partial charge in [-0.2, -0.15) is 4.98 Å². The largest absolute Gasteiger partial charge is 0.278 e. The molecule has 0 bridgehead atoms. The van der Waals surface area contributed by atoms with Gasteiger partial charge >= 0.3 is 0 Å². The Labute approximate surface area is 338 Å². The highest BCUT2D eigenvalue weighted by Gasteiger charge is 2.47. The Balaban J connectivity index is 1.30. The summed E-state index contributed by atoms with van der Waals surface area (Å²) in [6, 6.07) is 71.9. The van der Waals surface area contributed by atoms with Gasteiger partial charge in [-0.25, -0.2) is 9.97 Å². The number of benzene rings is 8. The molecule has 0 fully saturated rings. The molecule has 0 N–H and O–H groups in total. The molecule has 8 aromatic carbocycles. The number of fused-ring (bicyclic) bond motifs is 9. The Morgan fingerprint density at radius 1 is 0.345 bits per heavy atom. The zero-order valence-electron chi connectivity index (χ0n) is 31.2. The van der Waals surface area contributed by atoms with Gasteiger partial charge in [0.1, 0.15) is 5.45 Å². The molecule has 12 aromatic rings. The molecule has 0 aliphatic heterocycles. The van der Waals surface area contributed by atoms with Crippen molar-refractivity contribution in [3.63, 3.8) is 0 Å². The summed E-state index contributed by atoms with van der Waals surface area (Å²) in [6.45, 7) is 0. The maximum Gasteiger partial charge on any atom is 0.239 e. The van der Waals surface area contributed by atoms with E-state index in [0.29, 0.717) is 11.9 Å². The van der Waals surface area contributed by atoms with Crippen molar-refractivity contribution in [2.45, 2.75) is 0 Å². The molecule has 0 amide bonds. The second-order valence-electron chi connectivity index (χ2n) is 14.8. The van der Waals surface area contributed by atoms with Crippen molar-refractivity contribution >= 4 is 104 Å². The van der Waals surface area contributed by atoms with E-state index in [1.165, 1.54) is 35.7 Å². The highest BCUT2D eigenvalue weighted by Crippen LogP contribution is 2.35. The molecule has 4 heterocycles. The van der Waals surface area contributed by atoms with E-state index in [1.54, 1.807) is 0 Å². The van der Waals surface area contributed by atoms with Crippen molar-refractivity contribution in [1.82, 2.24) is 24.1 Å². The molecular weight excluding hydrogens is 743 g/mol. The van der Waals surface area contributed by atoms with Crippen LogP contribution < -0.4 is 21.0 Å². The second-order valence-corrected chi connectivity index (χ2v) is 19.5. The molecule has 0 aliphatic carbocycles. The van der Waals surface area contributed by atoms with Gasteiger partial charge in [-0.3, -0.25) is 9.13 Å². The fourth-order valence-corrected chi connectivity index (χ4v) is 15.5. The fourth-order valence-electron chi connectivity index (χ4n) is 9.27. The molecule has 0 aliphatic rings. The summed E-state index contributed by atoms with van der Waals surface area (Å²) in [7, 11) is -3.36.